The number of fused-ring (bicyclic) bond motifs is 1. The molecule has 1 aromatic heterocycles. The molecule has 1 N–H and O–H groups in total. The number of aryl methyl sites for hydroxylation is 1. The van der Waals surface area contributed by atoms with Gasteiger partial charge in [0.15, 0.2) is 0 Å². The Bertz CT molecular complexity index is 565. The summed E-state index contributed by atoms with van der Waals surface area (Å²) in [4.78, 5) is 4.63. The second-order valence-electron chi connectivity index (χ2n) is 6.36. The molecule has 1 fully saturated rings. The van der Waals surface area contributed by atoms with Gasteiger partial charge in [0, 0.05) is 13.1 Å². The molecular weight excluding hydrogens is 258 g/mol. The van der Waals surface area contributed by atoms with Crippen molar-refractivity contribution in [2.75, 3.05) is 13.1 Å². The third-order valence-electron chi connectivity index (χ3n) is 4.77. The van der Waals surface area contributed by atoms with Crippen LogP contribution in [0.3, 0.4) is 0 Å². The maximum atomic E-state index is 4.63. The highest BCUT2D eigenvalue weighted by atomic mass is 15.1. The van der Waals surface area contributed by atoms with Gasteiger partial charge in [-0.1, -0.05) is 37.8 Å². The molecule has 0 bridgehead atoms. The number of nitrogens with zero attached hydrogens (tertiary/aromatic N) is 2. The Morgan fingerprint density at radius 1 is 1.14 bits per heavy atom. The Hall–Kier alpha value is -1.35. The molecule has 0 spiro atoms. The van der Waals surface area contributed by atoms with Crippen molar-refractivity contribution in [2.45, 2.75) is 52.0 Å². The lowest BCUT2D eigenvalue weighted by atomic mass is 10.0. The molecule has 3 rings (SSSR count). The largest absolute Gasteiger partial charge is 0.327 e. The van der Waals surface area contributed by atoms with Crippen molar-refractivity contribution >= 4 is 11.0 Å². The van der Waals surface area contributed by atoms with E-state index in [4.69, 9.17) is 0 Å². The Balaban J connectivity index is 1.51. The summed E-state index contributed by atoms with van der Waals surface area (Å²) in [6.45, 7) is 5.34. The van der Waals surface area contributed by atoms with E-state index in [-0.39, 0.29) is 0 Å². The quantitative estimate of drug-likeness (QED) is 0.667. The van der Waals surface area contributed by atoms with Gasteiger partial charge in [0.25, 0.3) is 0 Å². The zero-order valence-electron chi connectivity index (χ0n) is 13.1. The molecule has 2 aromatic rings. The van der Waals surface area contributed by atoms with Crippen molar-refractivity contribution in [3.8, 4) is 0 Å². The smallest absolute Gasteiger partial charge is 0.106 e. The number of benzene rings is 1. The minimum absolute atomic E-state index is 0.896. The average Bonchev–Trinajstić information content (AvgIpc) is 2.67. The Labute approximate surface area is 127 Å². The Kier molecular flexibility index (Phi) is 4.91. The topological polar surface area (TPSA) is 29.9 Å². The van der Waals surface area contributed by atoms with Crippen LogP contribution in [0.1, 0.15) is 44.3 Å². The normalized spacial score (nSPS) is 17.2. The van der Waals surface area contributed by atoms with Crippen LogP contribution < -0.4 is 5.32 Å². The third kappa shape index (κ3) is 3.65. The standard InChI is InChI=1S/C18H27N3/c1-15-20-17-10-6-7-11-18(17)21(15)13-12-19-14-16-8-4-2-3-5-9-16/h6-7,10-11,16,19H,2-5,8-9,12-14H2,1H3. The predicted octanol–water partition coefficient (Wildman–Crippen LogP) is 3.90. The van der Waals surface area contributed by atoms with E-state index in [1.54, 1.807) is 0 Å². The highest BCUT2D eigenvalue weighted by Gasteiger charge is 2.11. The van der Waals surface area contributed by atoms with E-state index in [2.05, 4.69) is 46.1 Å². The number of hydrogen-bond donors (Lipinski definition) is 1. The fourth-order valence-corrected chi connectivity index (χ4v) is 3.54. The minimum atomic E-state index is 0.896. The molecule has 0 saturated heterocycles. The van der Waals surface area contributed by atoms with Crippen LogP contribution in [0.2, 0.25) is 0 Å². The maximum Gasteiger partial charge on any atom is 0.106 e. The molecular formula is C18H27N3. The van der Waals surface area contributed by atoms with E-state index >= 15 is 0 Å². The zero-order valence-corrected chi connectivity index (χ0v) is 13.1. The first kappa shape index (κ1) is 14.6. The number of para-hydroxylation sites is 2. The van der Waals surface area contributed by atoms with Gasteiger partial charge >= 0.3 is 0 Å². The van der Waals surface area contributed by atoms with E-state index in [1.807, 2.05) is 0 Å². The van der Waals surface area contributed by atoms with Crippen molar-refractivity contribution in [2.24, 2.45) is 5.92 Å². The molecule has 114 valence electrons. The molecule has 0 aliphatic heterocycles. The highest BCUT2D eigenvalue weighted by Crippen LogP contribution is 2.22. The van der Waals surface area contributed by atoms with E-state index in [0.717, 1.165) is 30.3 Å². The lowest BCUT2D eigenvalue weighted by Gasteiger charge is -2.15. The van der Waals surface area contributed by atoms with Crippen molar-refractivity contribution in [3.05, 3.63) is 30.1 Å². The van der Waals surface area contributed by atoms with E-state index in [1.165, 1.54) is 50.6 Å². The summed E-state index contributed by atoms with van der Waals surface area (Å²) in [5.41, 5.74) is 2.37. The fraction of sp³-hybridized carbons (Fsp3) is 0.611. The van der Waals surface area contributed by atoms with Crippen molar-refractivity contribution in [1.82, 2.24) is 14.9 Å². The molecule has 21 heavy (non-hydrogen) atoms. The molecule has 1 aliphatic rings. The van der Waals surface area contributed by atoms with Crippen LogP contribution in [0.25, 0.3) is 11.0 Å². The lowest BCUT2D eigenvalue weighted by Crippen LogP contribution is -2.26. The van der Waals surface area contributed by atoms with Gasteiger partial charge in [-0.15, -0.1) is 0 Å². The van der Waals surface area contributed by atoms with Crippen LogP contribution >= 0.6 is 0 Å². The predicted molar refractivity (Wildman–Crippen MR) is 88.5 cm³/mol. The highest BCUT2D eigenvalue weighted by molar-refractivity contribution is 5.75. The summed E-state index contributed by atoms with van der Waals surface area (Å²) in [6, 6.07) is 8.42. The molecule has 0 amide bonds. The first-order chi connectivity index (χ1) is 10.3. The number of hydrogen-bond acceptors (Lipinski definition) is 2. The number of imidazole rings is 1. The first-order valence-corrected chi connectivity index (χ1v) is 8.47. The first-order valence-electron chi connectivity index (χ1n) is 8.47. The zero-order chi connectivity index (χ0) is 14.5. The summed E-state index contributed by atoms with van der Waals surface area (Å²) in [7, 11) is 0. The van der Waals surface area contributed by atoms with Crippen LogP contribution in [0.15, 0.2) is 24.3 Å². The Morgan fingerprint density at radius 2 is 1.90 bits per heavy atom. The fourth-order valence-electron chi connectivity index (χ4n) is 3.54. The van der Waals surface area contributed by atoms with E-state index in [9.17, 15) is 0 Å². The molecule has 3 heteroatoms. The van der Waals surface area contributed by atoms with Crippen LogP contribution in [0.4, 0.5) is 0 Å². The molecule has 1 heterocycles. The monoisotopic (exact) mass is 285 g/mol. The van der Waals surface area contributed by atoms with Crippen LogP contribution in [-0.2, 0) is 6.54 Å². The molecule has 0 unspecified atom stereocenters. The molecule has 1 saturated carbocycles. The molecule has 0 atom stereocenters. The van der Waals surface area contributed by atoms with Gasteiger partial charge in [-0.3, -0.25) is 0 Å². The second-order valence-corrected chi connectivity index (χ2v) is 6.36. The molecule has 1 aliphatic carbocycles. The van der Waals surface area contributed by atoms with Gasteiger partial charge in [-0.2, -0.15) is 0 Å². The van der Waals surface area contributed by atoms with Gasteiger partial charge in [0.05, 0.1) is 11.0 Å². The number of aromatic nitrogens is 2. The van der Waals surface area contributed by atoms with Crippen molar-refractivity contribution < 1.29 is 0 Å². The number of nitrogens with one attached hydrogen (secondary N) is 1. The lowest BCUT2D eigenvalue weighted by molar-refractivity contribution is 0.420. The van der Waals surface area contributed by atoms with Gasteiger partial charge in [-0.05, 0) is 44.4 Å². The maximum absolute atomic E-state index is 4.63. The van der Waals surface area contributed by atoms with Gasteiger partial charge in [-0.25, -0.2) is 4.98 Å². The van der Waals surface area contributed by atoms with E-state index in [0.29, 0.717) is 0 Å². The molecule has 3 nitrogen and oxygen atoms in total. The third-order valence-corrected chi connectivity index (χ3v) is 4.77. The molecule has 1 aromatic carbocycles. The van der Waals surface area contributed by atoms with Gasteiger partial charge < -0.3 is 9.88 Å². The Morgan fingerprint density at radius 3 is 2.71 bits per heavy atom. The minimum Gasteiger partial charge on any atom is -0.327 e. The summed E-state index contributed by atoms with van der Waals surface area (Å²) < 4.78 is 2.33. The second kappa shape index (κ2) is 7.08. The summed E-state index contributed by atoms with van der Waals surface area (Å²) >= 11 is 0. The summed E-state index contributed by atoms with van der Waals surface area (Å²) in [6.07, 6.45) is 8.57. The SMILES string of the molecule is Cc1nc2ccccc2n1CCNCC1CCCCCC1. The summed E-state index contributed by atoms with van der Waals surface area (Å²) in [5.74, 6) is 2.01. The van der Waals surface area contributed by atoms with E-state index < -0.39 is 0 Å². The van der Waals surface area contributed by atoms with Gasteiger partial charge in [0.2, 0.25) is 0 Å². The van der Waals surface area contributed by atoms with Crippen LogP contribution in [0.5, 0.6) is 0 Å². The van der Waals surface area contributed by atoms with Crippen LogP contribution in [-0.4, -0.2) is 22.6 Å². The van der Waals surface area contributed by atoms with Gasteiger partial charge in [0.1, 0.15) is 5.82 Å². The van der Waals surface area contributed by atoms with Crippen molar-refractivity contribution in [1.29, 1.82) is 0 Å². The molecule has 0 radical (unpaired) electrons. The van der Waals surface area contributed by atoms with Crippen LogP contribution in [0, 0.1) is 12.8 Å². The number of rotatable bonds is 5. The van der Waals surface area contributed by atoms with Crippen molar-refractivity contribution in [3.63, 3.8) is 0 Å². The average molecular weight is 285 g/mol. The summed E-state index contributed by atoms with van der Waals surface area (Å²) in [5, 5.41) is 3.66.